The predicted octanol–water partition coefficient (Wildman–Crippen LogP) is 2.89. The smallest absolute Gasteiger partial charge is 0.254 e. The van der Waals surface area contributed by atoms with Crippen molar-refractivity contribution in [2.24, 2.45) is 0 Å². The number of hydrogen-bond donors (Lipinski definition) is 0. The van der Waals surface area contributed by atoms with Gasteiger partial charge in [0.2, 0.25) is 5.91 Å². The molecule has 0 aliphatic carbocycles. The summed E-state index contributed by atoms with van der Waals surface area (Å²) in [7, 11) is 1.59. The standard InChI is InChI=1S/C27H31N5O3/c1-21-8-10-22(11-9-21)24-12-13-25(29-28-24)30-14-16-31(17-15-30)26(33)20-32(18-19-35-2)27(34)23-6-4-3-5-7-23/h3-13H,14-20H2,1-2H3. The summed E-state index contributed by atoms with van der Waals surface area (Å²) in [4.78, 5) is 31.4. The van der Waals surface area contributed by atoms with E-state index >= 15 is 0 Å². The van der Waals surface area contributed by atoms with Gasteiger partial charge in [-0.25, -0.2) is 0 Å². The molecule has 2 amide bonds. The lowest BCUT2D eigenvalue weighted by Gasteiger charge is -2.36. The van der Waals surface area contributed by atoms with Crippen LogP contribution >= 0.6 is 0 Å². The van der Waals surface area contributed by atoms with Crippen molar-refractivity contribution in [1.82, 2.24) is 20.0 Å². The zero-order chi connectivity index (χ0) is 24.6. The second-order valence-electron chi connectivity index (χ2n) is 8.60. The topological polar surface area (TPSA) is 78.9 Å². The quantitative estimate of drug-likeness (QED) is 0.501. The molecule has 0 N–H and O–H groups in total. The number of aromatic nitrogens is 2. The fraction of sp³-hybridized carbons (Fsp3) is 0.333. The van der Waals surface area contributed by atoms with E-state index in [0.717, 1.165) is 17.1 Å². The maximum absolute atomic E-state index is 13.0. The zero-order valence-electron chi connectivity index (χ0n) is 20.3. The van der Waals surface area contributed by atoms with E-state index in [2.05, 4.69) is 34.2 Å². The first kappa shape index (κ1) is 24.3. The average molecular weight is 474 g/mol. The second-order valence-corrected chi connectivity index (χ2v) is 8.60. The fourth-order valence-corrected chi connectivity index (χ4v) is 4.04. The minimum atomic E-state index is -0.168. The van der Waals surface area contributed by atoms with E-state index in [4.69, 9.17) is 4.74 Å². The van der Waals surface area contributed by atoms with Crippen LogP contribution in [0, 0.1) is 6.92 Å². The van der Waals surface area contributed by atoms with Gasteiger partial charge in [-0.15, -0.1) is 10.2 Å². The molecule has 0 saturated carbocycles. The Balaban J connectivity index is 1.33. The Morgan fingerprint density at radius 2 is 1.63 bits per heavy atom. The number of ether oxygens (including phenoxy) is 1. The predicted molar refractivity (Wildman–Crippen MR) is 135 cm³/mol. The fourth-order valence-electron chi connectivity index (χ4n) is 4.04. The molecule has 8 heteroatoms. The normalized spacial score (nSPS) is 13.5. The molecule has 35 heavy (non-hydrogen) atoms. The SMILES string of the molecule is COCCN(CC(=O)N1CCN(c2ccc(-c3ccc(C)cc3)nn2)CC1)C(=O)c1ccccc1. The molecule has 4 rings (SSSR count). The van der Waals surface area contributed by atoms with Gasteiger partial charge in [0, 0.05) is 51.0 Å². The molecule has 2 heterocycles. The van der Waals surface area contributed by atoms with Gasteiger partial charge in [0.15, 0.2) is 5.82 Å². The summed E-state index contributed by atoms with van der Waals surface area (Å²) in [6.07, 6.45) is 0. The van der Waals surface area contributed by atoms with Crippen LogP contribution in [-0.4, -0.2) is 84.8 Å². The van der Waals surface area contributed by atoms with E-state index in [1.165, 1.54) is 5.56 Å². The number of carbonyl (C=O) groups is 2. The van der Waals surface area contributed by atoms with Gasteiger partial charge in [0.05, 0.1) is 12.3 Å². The maximum atomic E-state index is 13.0. The Bertz CT molecular complexity index is 1110. The molecule has 182 valence electrons. The molecule has 8 nitrogen and oxygen atoms in total. The van der Waals surface area contributed by atoms with Crippen LogP contribution in [0.5, 0.6) is 0 Å². The van der Waals surface area contributed by atoms with Crippen molar-refractivity contribution in [3.63, 3.8) is 0 Å². The second kappa shape index (κ2) is 11.6. The van der Waals surface area contributed by atoms with Crippen LogP contribution in [0.15, 0.2) is 66.7 Å². The molecule has 0 radical (unpaired) electrons. The lowest BCUT2D eigenvalue weighted by atomic mass is 10.1. The average Bonchev–Trinajstić information content (AvgIpc) is 2.91. The van der Waals surface area contributed by atoms with Crippen molar-refractivity contribution in [2.75, 3.05) is 57.9 Å². The minimum Gasteiger partial charge on any atom is -0.383 e. The molecular weight excluding hydrogens is 442 g/mol. The molecule has 2 aromatic carbocycles. The lowest BCUT2D eigenvalue weighted by Crippen LogP contribution is -2.52. The van der Waals surface area contributed by atoms with Gasteiger partial charge in [0.25, 0.3) is 5.91 Å². The summed E-state index contributed by atoms with van der Waals surface area (Å²) in [5.41, 5.74) is 3.64. The molecular formula is C27H31N5O3. The van der Waals surface area contributed by atoms with Crippen LogP contribution in [-0.2, 0) is 9.53 Å². The van der Waals surface area contributed by atoms with Crippen LogP contribution in [0.3, 0.4) is 0 Å². The van der Waals surface area contributed by atoms with Crippen molar-refractivity contribution >= 4 is 17.6 Å². The Morgan fingerprint density at radius 3 is 2.26 bits per heavy atom. The number of amides is 2. The Kier molecular flexibility index (Phi) is 8.05. The van der Waals surface area contributed by atoms with Crippen LogP contribution in [0.4, 0.5) is 5.82 Å². The first-order chi connectivity index (χ1) is 17.0. The molecule has 1 aliphatic heterocycles. The molecule has 3 aromatic rings. The summed E-state index contributed by atoms with van der Waals surface area (Å²) in [5.74, 6) is 0.568. The van der Waals surface area contributed by atoms with Gasteiger partial charge < -0.3 is 19.4 Å². The number of nitrogens with zero attached hydrogens (tertiary/aromatic N) is 5. The highest BCUT2D eigenvalue weighted by atomic mass is 16.5. The summed E-state index contributed by atoms with van der Waals surface area (Å²) in [5, 5.41) is 8.81. The highest BCUT2D eigenvalue weighted by molar-refractivity contribution is 5.96. The molecule has 1 fully saturated rings. The van der Waals surface area contributed by atoms with Gasteiger partial charge in [-0.3, -0.25) is 9.59 Å². The van der Waals surface area contributed by atoms with Gasteiger partial charge >= 0.3 is 0 Å². The lowest BCUT2D eigenvalue weighted by molar-refractivity contribution is -0.132. The van der Waals surface area contributed by atoms with Gasteiger partial charge in [-0.1, -0.05) is 48.0 Å². The van der Waals surface area contributed by atoms with Crippen LogP contribution in [0.25, 0.3) is 11.3 Å². The summed E-state index contributed by atoms with van der Waals surface area (Å²) >= 11 is 0. The number of carbonyl (C=O) groups excluding carboxylic acids is 2. The number of piperazine rings is 1. The summed E-state index contributed by atoms with van der Waals surface area (Å²) in [6.45, 7) is 5.28. The van der Waals surface area contributed by atoms with Crippen molar-refractivity contribution in [3.8, 4) is 11.3 Å². The third-order valence-electron chi connectivity index (χ3n) is 6.15. The maximum Gasteiger partial charge on any atom is 0.254 e. The van der Waals surface area contributed by atoms with Crippen molar-refractivity contribution < 1.29 is 14.3 Å². The molecule has 0 bridgehead atoms. The zero-order valence-corrected chi connectivity index (χ0v) is 20.3. The molecule has 0 unspecified atom stereocenters. The van der Waals surface area contributed by atoms with Gasteiger partial charge in [-0.05, 0) is 31.2 Å². The number of anilines is 1. The molecule has 1 aliphatic rings. The van der Waals surface area contributed by atoms with Crippen molar-refractivity contribution in [1.29, 1.82) is 0 Å². The van der Waals surface area contributed by atoms with E-state index in [1.54, 1.807) is 24.1 Å². The molecule has 1 saturated heterocycles. The van der Waals surface area contributed by atoms with Crippen LogP contribution < -0.4 is 4.90 Å². The third-order valence-corrected chi connectivity index (χ3v) is 6.15. The Morgan fingerprint density at radius 1 is 0.914 bits per heavy atom. The summed E-state index contributed by atoms with van der Waals surface area (Å²) < 4.78 is 5.15. The number of rotatable bonds is 8. The van der Waals surface area contributed by atoms with E-state index < -0.39 is 0 Å². The van der Waals surface area contributed by atoms with E-state index in [1.807, 2.05) is 47.4 Å². The number of benzene rings is 2. The molecule has 0 atom stereocenters. The van der Waals surface area contributed by atoms with Gasteiger partial charge in [-0.2, -0.15) is 0 Å². The van der Waals surface area contributed by atoms with E-state index in [0.29, 0.717) is 44.9 Å². The number of methoxy groups -OCH3 is 1. The number of aryl methyl sites for hydroxylation is 1. The third kappa shape index (κ3) is 6.22. The largest absolute Gasteiger partial charge is 0.383 e. The molecule has 1 aromatic heterocycles. The monoisotopic (exact) mass is 473 g/mol. The highest BCUT2D eigenvalue weighted by Crippen LogP contribution is 2.20. The summed E-state index contributed by atoms with van der Waals surface area (Å²) in [6, 6.07) is 21.2. The molecule has 0 spiro atoms. The Labute approximate surface area is 206 Å². The number of hydrogen-bond acceptors (Lipinski definition) is 6. The van der Waals surface area contributed by atoms with E-state index in [-0.39, 0.29) is 18.4 Å². The first-order valence-corrected chi connectivity index (χ1v) is 11.8. The van der Waals surface area contributed by atoms with Crippen molar-refractivity contribution in [2.45, 2.75) is 6.92 Å². The first-order valence-electron chi connectivity index (χ1n) is 11.8. The minimum absolute atomic E-state index is 0.0299. The van der Waals surface area contributed by atoms with Crippen LogP contribution in [0.1, 0.15) is 15.9 Å². The Hall–Kier alpha value is -3.78. The van der Waals surface area contributed by atoms with Crippen LogP contribution in [0.2, 0.25) is 0 Å². The van der Waals surface area contributed by atoms with Crippen molar-refractivity contribution in [3.05, 3.63) is 77.9 Å². The van der Waals surface area contributed by atoms with Gasteiger partial charge in [0.1, 0.15) is 6.54 Å². The highest BCUT2D eigenvalue weighted by Gasteiger charge is 2.26. The van der Waals surface area contributed by atoms with E-state index in [9.17, 15) is 9.59 Å².